The number of alkyl halides is 3. The van der Waals surface area contributed by atoms with Gasteiger partial charge in [-0.2, -0.15) is 13.2 Å². The largest absolute Gasteiger partial charge is 0.406 e. The molecule has 0 amide bonds. The zero-order chi connectivity index (χ0) is 12.6. The quantitative estimate of drug-likeness (QED) is 0.909. The van der Waals surface area contributed by atoms with Crippen LogP contribution < -0.4 is 4.90 Å². The van der Waals surface area contributed by atoms with Gasteiger partial charge in [0.25, 0.3) is 0 Å². The summed E-state index contributed by atoms with van der Waals surface area (Å²) < 4.78 is 37.4. The number of anilines is 1. The minimum atomic E-state index is -4.22. The molecule has 1 saturated carbocycles. The van der Waals surface area contributed by atoms with Crippen molar-refractivity contribution in [3.05, 3.63) is 10.6 Å². The monoisotopic (exact) mass is 266 g/mol. The molecule has 96 valence electrons. The number of aliphatic hydroxyl groups is 1. The molecule has 7 heteroatoms. The minimum Gasteiger partial charge on any atom is -0.391 e. The van der Waals surface area contributed by atoms with Crippen LogP contribution in [0.3, 0.4) is 0 Å². The number of hydrogen-bond donors (Lipinski definition) is 1. The minimum absolute atomic E-state index is 0.0475. The molecule has 17 heavy (non-hydrogen) atoms. The smallest absolute Gasteiger partial charge is 0.391 e. The molecule has 3 nitrogen and oxygen atoms in total. The molecule has 1 N–H and O–H groups in total. The van der Waals surface area contributed by atoms with E-state index in [1.54, 1.807) is 6.92 Å². The summed E-state index contributed by atoms with van der Waals surface area (Å²) in [4.78, 5) is 6.05. The molecule has 1 aliphatic carbocycles. The first-order valence-electron chi connectivity index (χ1n) is 5.31. The van der Waals surface area contributed by atoms with Crippen molar-refractivity contribution in [3.63, 3.8) is 0 Å². The first kappa shape index (κ1) is 12.6. The second-order valence-corrected chi connectivity index (χ2v) is 5.20. The van der Waals surface area contributed by atoms with Gasteiger partial charge in [0.05, 0.1) is 17.2 Å². The molecule has 1 aromatic heterocycles. The Bertz CT molecular complexity index is 401. The Hall–Kier alpha value is -0.820. The third kappa shape index (κ3) is 3.10. The van der Waals surface area contributed by atoms with Crippen LogP contribution in [0.15, 0.2) is 0 Å². The summed E-state index contributed by atoms with van der Waals surface area (Å²) in [5.74, 6) is 0. The highest BCUT2D eigenvalue weighted by Gasteiger charge is 2.39. The van der Waals surface area contributed by atoms with E-state index in [1.165, 1.54) is 4.90 Å². The third-order valence-electron chi connectivity index (χ3n) is 2.61. The molecule has 1 aliphatic rings. The Labute approximate surface area is 101 Å². The van der Waals surface area contributed by atoms with Crippen molar-refractivity contribution in [2.45, 2.75) is 38.6 Å². The normalized spacial score (nSPS) is 16.3. The van der Waals surface area contributed by atoms with Gasteiger partial charge in [0.1, 0.15) is 6.54 Å². The highest BCUT2D eigenvalue weighted by Crippen LogP contribution is 2.37. The number of aliphatic hydroxyl groups excluding tert-OH is 1. The van der Waals surface area contributed by atoms with Crippen LogP contribution in [-0.4, -0.2) is 28.9 Å². The van der Waals surface area contributed by atoms with Crippen molar-refractivity contribution in [2.24, 2.45) is 0 Å². The van der Waals surface area contributed by atoms with Crippen LogP contribution >= 0.6 is 11.3 Å². The highest BCUT2D eigenvalue weighted by molar-refractivity contribution is 7.15. The van der Waals surface area contributed by atoms with Gasteiger partial charge in [-0.1, -0.05) is 11.3 Å². The number of rotatable bonds is 4. The summed E-state index contributed by atoms with van der Waals surface area (Å²) in [7, 11) is 0. The number of hydrogen-bond acceptors (Lipinski definition) is 4. The summed E-state index contributed by atoms with van der Waals surface area (Å²) in [5, 5.41) is 9.40. The van der Waals surface area contributed by atoms with E-state index in [0.29, 0.717) is 15.7 Å². The Balaban J connectivity index is 2.20. The maximum absolute atomic E-state index is 12.5. The molecule has 0 aromatic carbocycles. The van der Waals surface area contributed by atoms with E-state index < -0.39 is 12.7 Å². The third-order valence-corrected chi connectivity index (χ3v) is 3.79. The van der Waals surface area contributed by atoms with Gasteiger partial charge in [-0.25, -0.2) is 4.98 Å². The summed E-state index contributed by atoms with van der Waals surface area (Å²) in [5.41, 5.74) is 0.611. The lowest BCUT2D eigenvalue weighted by Gasteiger charge is -2.22. The van der Waals surface area contributed by atoms with Crippen LogP contribution in [-0.2, 0) is 6.61 Å². The molecule has 1 aromatic rings. The van der Waals surface area contributed by atoms with Crippen molar-refractivity contribution in [1.29, 1.82) is 0 Å². The van der Waals surface area contributed by atoms with Crippen molar-refractivity contribution in [1.82, 2.24) is 4.98 Å². The molecule has 0 spiro atoms. The van der Waals surface area contributed by atoms with E-state index in [4.69, 9.17) is 5.11 Å². The summed E-state index contributed by atoms with van der Waals surface area (Å²) in [6, 6.07) is -0.0475. The Morgan fingerprint density at radius 2 is 2.12 bits per heavy atom. The van der Waals surface area contributed by atoms with Gasteiger partial charge in [-0.3, -0.25) is 0 Å². The van der Waals surface area contributed by atoms with Crippen molar-refractivity contribution in [3.8, 4) is 0 Å². The molecule has 1 heterocycles. The molecule has 2 rings (SSSR count). The average molecular weight is 266 g/mol. The fraction of sp³-hybridized carbons (Fsp3) is 0.700. The van der Waals surface area contributed by atoms with Crippen molar-refractivity contribution >= 4 is 16.5 Å². The maximum Gasteiger partial charge on any atom is 0.406 e. The van der Waals surface area contributed by atoms with E-state index in [2.05, 4.69) is 4.98 Å². The van der Waals surface area contributed by atoms with Gasteiger partial charge >= 0.3 is 6.18 Å². The van der Waals surface area contributed by atoms with Gasteiger partial charge in [-0.05, 0) is 19.8 Å². The number of aryl methyl sites for hydroxylation is 1. The molecule has 0 atom stereocenters. The van der Waals surface area contributed by atoms with E-state index in [0.717, 1.165) is 24.2 Å². The summed E-state index contributed by atoms with van der Waals surface area (Å²) in [6.07, 6.45) is -2.66. The molecule has 0 saturated heterocycles. The summed E-state index contributed by atoms with van der Waals surface area (Å²) >= 11 is 1.14. The average Bonchev–Trinajstić information content (AvgIpc) is 2.97. The molecule has 0 aliphatic heterocycles. The molecule has 0 bridgehead atoms. The van der Waals surface area contributed by atoms with E-state index in [1.807, 2.05) is 0 Å². The predicted octanol–water partition coefficient (Wildman–Crippen LogP) is 2.47. The van der Waals surface area contributed by atoms with Gasteiger partial charge in [0.2, 0.25) is 0 Å². The van der Waals surface area contributed by atoms with Crippen LogP contribution in [0, 0.1) is 6.92 Å². The lowest BCUT2D eigenvalue weighted by atomic mass is 10.4. The molecule has 0 radical (unpaired) electrons. The van der Waals surface area contributed by atoms with Crippen LogP contribution in [0.1, 0.15) is 23.4 Å². The van der Waals surface area contributed by atoms with Crippen molar-refractivity contribution < 1.29 is 18.3 Å². The number of aromatic nitrogens is 1. The lowest BCUT2D eigenvalue weighted by Crippen LogP contribution is -2.35. The van der Waals surface area contributed by atoms with E-state index in [-0.39, 0.29) is 12.6 Å². The Morgan fingerprint density at radius 1 is 1.47 bits per heavy atom. The van der Waals surface area contributed by atoms with Crippen LogP contribution in [0.2, 0.25) is 0 Å². The van der Waals surface area contributed by atoms with Crippen molar-refractivity contribution in [2.75, 3.05) is 11.4 Å². The second-order valence-electron chi connectivity index (χ2n) is 4.14. The van der Waals surface area contributed by atoms with Crippen LogP contribution in [0.5, 0.6) is 0 Å². The zero-order valence-corrected chi connectivity index (χ0v) is 10.1. The topological polar surface area (TPSA) is 36.4 Å². The van der Waals surface area contributed by atoms with Gasteiger partial charge in [0.15, 0.2) is 5.13 Å². The second kappa shape index (κ2) is 4.45. The van der Waals surface area contributed by atoms with Crippen LogP contribution in [0.4, 0.5) is 18.3 Å². The SMILES string of the molecule is Cc1nc(N(CC(F)(F)F)C2CC2)sc1CO. The van der Waals surface area contributed by atoms with E-state index in [9.17, 15) is 13.2 Å². The summed E-state index contributed by atoms with van der Waals surface area (Å²) in [6.45, 7) is 0.563. The maximum atomic E-state index is 12.5. The number of nitrogens with zero attached hydrogens (tertiary/aromatic N) is 2. The highest BCUT2D eigenvalue weighted by atomic mass is 32.1. The fourth-order valence-corrected chi connectivity index (χ4v) is 2.61. The van der Waals surface area contributed by atoms with Gasteiger partial charge in [0, 0.05) is 6.04 Å². The van der Waals surface area contributed by atoms with E-state index >= 15 is 0 Å². The standard InChI is InChI=1S/C10H13F3N2OS/c1-6-8(4-16)17-9(14-6)15(7-2-3-7)5-10(11,12)13/h7,16H,2-5H2,1H3. The Kier molecular flexibility index (Phi) is 3.31. The molecule has 1 fully saturated rings. The number of halogens is 3. The molecule has 0 unspecified atom stereocenters. The van der Waals surface area contributed by atoms with Gasteiger partial charge in [-0.15, -0.1) is 0 Å². The molecular weight excluding hydrogens is 253 g/mol. The number of thiazole rings is 1. The van der Waals surface area contributed by atoms with Crippen LogP contribution in [0.25, 0.3) is 0 Å². The Morgan fingerprint density at radius 3 is 2.53 bits per heavy atom. The lowest BCUT2D eigenvalue weighted by molar-refractivity contribution is -0.120. The first-order valence-corrected chi connectivity index (χ1v) is 6.13. The predicted molar refractivity (Wildman–Crippen MR) is 59.2 cm³/mol. The first-order chi connectivity index (χ1) is 7.90. The zero-order valence-electron chi connectivity index (χ0n) is 9.29. The van der Waals surface area contributed by atoms with Gasteiger partial charge < -0.3 is 10.0 Å². The molecular formula is C10H13F3N2OS. The fourth-order valence-electron chi connectivity index (χ4n) is 1.61.